The van der Waals surface area contributed by atoms with Gasteiger partial charge in [-0.15, -0.1) is 0 Å². The number of hydrogen-bond donors (Lipinski definition) is 6. The number of para-hydroxylation sites is 1. The van der Waals surface area contributed by atoms with Crippen LogP contribution in [0.25, 0.3) is 6.08 Å². The first-order chi connectivity index (χ1) is 10.9. The average Bonchev–Trinajstić information content (AvgIpc) is 2.57. The van der Waals surface area contributed by atoms with Crippen LogP contribution in [0.3, 0.4) is 0 Å². The average molecular weight is 325 g/mol. The van der Waals surface area contributed by atoms with Gasteiger partial charge in [0.05, 0.1) is 0 Å². The van der Waals surface area contributed by atoms with Gasteiger partial charge in [0.1, 0.15) is 24.1 Å². The summed E-state index contributed by atoms with van der Waals surface area (Å²) < 4.78 is 0. The first-order valence-corrected chi connectivity index (χ1v) is 6.78. The summed E-state index contributed by atoms with van der Waals surface area (Å²) in [5, 5.41) is 49.2. The lowest BCUT2D eigenvalue weighted by atomic mass is 10.0. The van der Waals surface area contributed by atoms with E-state index in [0.29, 0.717) is 5.56 Å². The van der Waals surface area contributed by atoms with Crippen molar-refractivity contribution < 1.29 is 35.1 Å². The summed E-state index contributed by atoms with van der Waals surface area (Å²) in [7, 11) is 0. The third kappa shape index (κ3) is 5.46. The van der Waals surface area contributed by atoms with Gasteiger partial charge < -0.3 is 35.6 Å². The minimum absolute atomic E-state index is 0.0106. The summed E-state index contributed by atoms with van der Waals surface area (Å²) in [6.45, 7) is -0.0106. The van der Waals surface area contributed by atoms with E-state index in [-0.39, 0.29) is 18.6 Å². The highest BCUT2D eigenvalue weighted by Gasteiger charge is 2.33. The molecule has 0 aromatic heterocycles. The molecule has 126 valence electrons. The van der Waals surface area contributed by atoms with Gasteiger partial charge in [0.25, 0.3) is 5.91 Å². The van der Waals surface area contributed by atoms with Crippen LogP contribution >= 0.6 is 0 Å². The lowest BCUT2D eigenvalue weighted by molar-refractivity contribution is -0.149. The highest BCUT2D eigenvalue weighted by Crippen LogP contribution is 2.16. The molecule has 0 saturated carbocycles. The molecule has 1 aromatic rings. The minimum Gasteiger partial charge on any atom is -0.507 e. The first kappa shape index (κ1) is 18.8. The minimum atomic E-state index is -2.02. The molecule has 0 aliphatic heterocycles. The number of aliphatic hydroxyl groups excluding tert-OH is 4. The number of nitrogens with one attached hydrogen (secondary N) is 1. The van der Waals surface area contributed by atoms with Gasteiger partial charge in [-0.05, 0) is 6.07 Å². The molecule has 23 heavy (non-hydrogen) atoms. The van der Waals surface area contributed by atoms with Crippen molar-refractivity contribution in [3.05, 3.63) is 35.9 Å². The van der Waals surface area contributed by atoms with Crippen molar-refractivity contribution in [2.45, 2.75) is 24.4 Å². The molecule has 8 heteroatoms. The van der Waals surface area contributed by atoms with E-state index < -0.39 is 30.3 Å². The fourth-order valence-corrected chi connectivity index (χ4v) is 1.70. The summed E-state index contributed by atoms with van der Waals surface area (Å²) in [6, 6.07) is 6.53. The van der Waals surface area contributed by atoms with Crippen LogP contribution in [0.5, 0.6) is 5.75 Å². The molecule has 0 aliphatic rings. The Kier molecular flexibility index (Phi) is 7.36. The maximum Gasteiger partial charge on any atom is 0.251 e. The lowest BCUT2D eigenvalue weighted by Crippen LogP contribution is -2.51. The van der Waals surface area contributed by atoms with E-state index in [1.807, 2.05) is 0 Å². The number of phenols is 1. The van der Waals surface area contributed by atoms with E-state index in [9.17, 15) is 30.0 Å². The number of carbonyl (C=O) groups is 2. The van der Waals surface area contributed by atoms with E-state index in [0.717, 1.165) is 0 Å². The molecule has 0 spiro atoms. The Bertz CT molecular complexity index is 561. The van der Waals surface area contributed by atoms with Crippen molar-refractivity contribution >= 4 is 18.3 Å². The Morgan fingerprint density at radius 2 is 1.78 bits per heavy atom. The predicted molar refractivity (Wildman–Crippen MR) is 80.2 cm³/mol. The molecule has 0 unspecified atom stereocenters. The molecule has 6 N–H and O–H groups in total. The van der Waals surface area contributed by atoms with Crippen LogP contribution < -0.4 is 5.32 Å². The van der Waals surface area contributed by atoms with Crippen LogP contribution in [-0.4, -0.2) is 68.7 Å². The maximum absolute atomic E-state index is 11.6. The van der Waals surface area contributed by atoms with E-state index in [1.165, 1.54) is 12.1 Å². The Labute approximate surface area is 132 Å². The number of benzene rings is 1. The van der Waals surface area contributed by atoms with Crippen LogP contribution in [0, 0.1) is 0 Å². The molecule has 4 atom stereocenters. The maximum atomic E-state index is 11.6. The molecular formula is C15H19NO7. The number of rotatable bonds is 8. The molecule has 0 aliphatic carbocycles. The third-order valence-corrected chi connectivity index (χ3v) is 3.06. The number of amides is 1. The molecule has 0 fully saturated rings. The van der Waals surface area contributed by atoms with Crippen LogP contribution in [-0.2, 0) is 9.59 Å². The normalized spacial score (nSPS) is 16.5. The molecule has 0 radical (unpaired) electrons. The molecular weight excluding hydrogens is 306 g/mol. The molecule has 0 heterocycles. The van der Waals surface area contributed by atoms with Gasteiger partial charge in [0.15, 0.2) is 12.4 Å². The van der Waals surface area contributed by atoms with E-state index in [1.54, 1.807) is 24.3 Å². The van der Waals surface area contributed by atoms with Crippen LogP contribution in [0.15, 0.2) is 30.3 Å². The zero-order chi connectivity index (χ0) is 17.4. The lowest BCUT2D eigenvalue weighted by Gasteiger charge is -2.23. The van der Waals surface area contributed by atoms with Gasteiger partial charge in [-0.25, -0.2) is 0 Å². The second-order valence-corrected chi connectivity index (χ2v) is 4.76. The van der Waals surface area contributed by atoms with Gasteiger partial charge in [-0.3, -0.25) is 4.79 Å². The summed E-state index contributed by atoms with van der Waals surface area (Å²) in [5.41, 5.74) is 0.534. The largest absolute Gasteiger partial charge is 0.507 e. The molecule has 1 rings (SSSR count). The first-order valence-electron chi connectivity index (χ1n) is 6.78. The van der Waals surface area contributed by atoms with Crippen LogP contribution in [0.1, 0.15) is 5.56 Å². The molecule has 1 amide bonds. The van der Waals surface area contributed by atoms with Gasteiger partial charge in [0.2, 0.25) is 0 Å². The van der Waals surface area contributed by atoms with Crippen molar-refractivity contribution in [1.29, 1.82) is 0 Å². The van der Waals surface area contributed by atoms with Crippen molar-refractivity contribution in [3.63, 3.8) is 0 Å². The Morgan fingerprint density at radius 3 is 2.39 bits per heavy atom. The smallest absolute Gasteiger partial charge is 0.251 e. The van der Waals surface area contributed by atoms with Crippen LogP contribution in [0.4, 0.5) is 0 Å². The predicted octanol–water partition coefficient (Wildman–Crippen LogP) is -1.84. The van der Waals surface area contributed by atoms with Gasteiger partial charge >= 0.3 is 0 Å². The Balaban J connectivity index is 2.50. The molecule has 1 aromatic carbocycles. The van der Waals surface area contributed by atoms with Gasteiger partial charge in [-0.1, -0.05) is 30.4 Å². The number of aliphatic hydroxyl groups is 4. The van der Waals surface area contributed by atoms with Gasteiger partial charge in [-0.2, -0.15) is 0 Å². The van der Waals surface area contributed by atoms with Gasteiger partial charge in [0, 0.05) is 12.1 Å². The zero-order valence-electron chi connectivity index (χ0n) is 12.1. The summed E-state index contributed by atoms with van der Waals surface area (Å²) in [6.07, 6.45) is -4.89. The number of phenolic OH excluding ortho intramolecular Hbond substituents is 1. The van der Waals surface area contributed by atoms with Crippen molar-refractivity contribution in [2.75, 3.05) is 6.54 Å². The second-order valence-electron chi connectivity index (χ2n) is 4.76. The fourth-order valence-electron chi connectivity index (χ4n) is 1.70. The molecule has 0 saturated heterocycles. The van der Waals surface area contributed by atoms with Crippen LogP contribution in [0.2, 0.25) is 0 Å². The topological polar surface area (TPSA) is 147 Å². The Hall–Kier alpha value is -2.26. The van der Waals surface area contributed by atoms with Crippen molar-refractivity contribution in [1.82, 2.24) is 5.32 Å². The Morgan fingerprint density at radius 1 is 1.13 bits per heavy atom. The number of aromatic hydroxyl groups is 1. The summed E-state index contributed by atoms with van der Waals surface area (Å²) in [5.74, 6) is -0.923. The second kappa shape index (κ2) is 9.01. The van der Waals surface area contributed by atoms with Crippen molar-refractivity contribution in [3.8, 4) is 5.75 Å². The zero-order valence-corrected chi connectivity index (χ0v) is 12.1. The highest BCUT2D eigenvalue weighted by molar-refractivity contribution is 5.81. The van der Waals surface area contributed by atoms with E-state index >= 15 is 0 Å². The van der Waals surface area contributed by atoms with Crippen molar-refractivity contribution in [2.24, 2.45) is 0 Å². The molecule has 8 nitrogen and oxygen atoms in total. The third-order valence-electron chi connectivity index (χ3n) is 3.06. The molecule has 0 bridgehead atoms. The number of hydrogen-bond acceptors (Lipinski definition) is 7. The summed E-state index contributed by atoms with van der Waals surface area (Å²) >= 11 is 0. The number of aldehydes is 1. The number of carbonyl (C=O) groups excluding carboxylic acids is 2. The van der Waals surface area contributed by atoms with E-state index in [2.05, 4.69) is 5.32 Å². The highest BCUT2D eigenvalue weighted by atomic mass is 16.4. The SMILES string of the molecule is O=C[C@H](O)[C@@H](O)[C@H](O)[C@H](O)C(=O)NCC=Cc1ccccc1O. The quantitative estimate of drug-likeness (QED) is 0.308. The monoisotopic (exact) mass is 325 g/mol. The summed E-state index contributed by atoms with van der Waals surface area (Å²) in [4.78, 5) is 21.9. The standard InChI is InChI=1S/C15H19NO7/c17-8-11(19)12(20)13(21)14(22)15(23)16-7-3-5-9-4-1-2-6-10(9)18/h1-6,8,11-14,18-22H,7H2,(H,16,23)/t11-,12+,13-,14-/m0/s1. The van der Waals surface area contributed by atoms with E-state index in [4.69, 9.17) is 5.11 Å². The fraction of sp³-hybridized carbons (Fsp3) is 0.333.